The number of hydrogen-bond acceptors (Lipinski definition) is 2. The zero-order valence-corrected chi connectivity index (χ0v) is 15.0. The van der Waals surface area contributed by atoms with Crippen LogP contribution in [0.1, 0.15) is 36.3 Å². The van der Waals surface area contributed by atoms with Gasteiger partial charge >= 0.3 is 0 Å². The molecule has 0 unspecified atom stereocenters. The van der Waals surface area contributed by atoms with Crippen LogP contribution in [0.25, 0.3) is 0 Å². The number of piperidine rings is 1. The molecule has 2 atom stereocenters. The number of amides is 2. The Morgan fingerprint density at radius 1 is 1.04 bits per heavy atom. The Labute approximate surface area is 155 Å². The third-order valence-electron chi connectivity index (χ3n) is 5.20. The number of nitrogens with two attached hydrogens (primary N) is 1. The van der Waals surface area contributed by atoms with Gasteiger partial charge < -0.3 is 10.6 Å². The molecule has 1 aliphatic rings. The number of aryl methyl sites for hydroxylation is 1. The van der Waals surface area contributed by atoms with E-state index in [0.717, 1.165) is 31.2 Å². The Kier molecular flexibility index (Phi) is 6.05. The zero-order chi connectivity index (χ0) is 18.4. The zero-order valence-electron chi connectivity index (χ0n) is 15.0. The van der Waals surface area contributed by atoms with Gasteiger partial charge in [0.25, 0.3) is 0 Å². The third kappa shape index (κ3) is 4.51. The second-order valence-corrected chi connectivity index (χ2v) is 7.01. The second-order valence-electron chi connectivity index (χ2n) is 7.01. The molecule has 2 N–H and O–H groups in total. The standard InChI is InChI=1S/C22H26N2O2/c23-21(25)19-12-7-15-24(16-19)22(26)20(18-10-5-2-6-11-18)14-13-17-8-3-1-4-9-17/h1-6,8-11,19-20H,7,12-16H2,(H2,23,25)/t19-,20-/m0/s1. The van der Waals surface area contributed by atoms with Crippen LogP contribution in [0, 0.1) is 5.92 Å². The molecule has 26 heavy (non-hydrogen) atoms. The highest BCUT2D eigenvalue weighted by Gasteiger charge is 2.31. The van der Waals surface area contributed by atoms with E-state index >= 15 is 0 Å². The Bertz CT molecular complexity index is 730. The molecule has 0 aliphatic carbocycles. The van der Waals surface area contributed by atoms with E-state index in [4.69, 9.17) is 5.73 Å². The van der Waals surface area contributed by atoms with Gasteiger partial charge in [-0.2, -0.15) is 0 Å². The van der Waals surface area contributed by atoms with Gasteiger partial charge in [-0.1, -0.05) is 60.7 Å². The van der Waals surface area contributed by atoms with Crippen LogP contribution in [-0.4, -0.2) is 29.8 Å². The summed E-state index contributed by atoms with van der Waals surface area (Å²) in [5, 5.41) is 0. The maximum atomic E-state index is 13.3. The second kappa shape index (κ2) is 8.65. The number of likely N-dealkylation sites (tertiary alicyclic amines) is 1. The van der Waals surface area contributed by atoms with Crippen LogP contribution in [0.3, 0.4) is 0 Å². The summed E-state index contributed by atoms with van der Waals surface area (Å²) >= 11 is 0. The predicted octanol–water partition coefficient (Wildman–Crippen LogP) is 3.13. The van der Waals surface area contributed by atoms with Gasteiger partial charge in [0.2, 0.25) is 11.8 Å². The first-order valence-electron chi connectivity index (χ1n) is 9.32. The minimum atomic E-state index is -0.303. The van der Waals surface area contributed by atoms with E-state index in [0.29, 0.717) is 13.1 Å². The van der Waals surface area contributed by atoms with Gasteiger partial charge in [-0.3, -0.25) is 9.59 Å². The predicted molar refractivity (Wildman–Crippen MR) is 102 cm³/mol. The molecule has 0 bridgehead atoms. The lowest BCUT2D eigenvalue weighted by atomic mass is 9.89. The van der Waals surface area contributed by atoms with Gasteiger partial charge in [0.15, 0.2) is 0 Å². The first-order valence-corrected chi connectivity index (χ1v) is 9.32. The van der Waals surface area contributed by atoms with Crippen LogP contribution in [-0.2, 0) is 16.0 Å². The summed E-state index contributed by atoms with van der Waals surface area (Å²) in [6.07, 6.45) is 3.21. The molecular formula is C22H26N2O2. The van der Waals surface area contributed by atoms with Gasteiger partial charge in [0.1, 0.15) is 0 Å². The number of carbonyl (C=O) groups is 2. The van der Waals surface area contributed by atoms with E-state index in [2.05, 4.69) is 12.1 Å². The van der Waals surface area contributed by atoms with E-state index < -0.39 is 0 Å². The molecule has 2 amide bonds. The SMILES string of the molecule is NC(=O)[C@H]1CCCN(C(=O)[C@@H](CCc2ccccc2)c2ccccc2)C1. The molecule has 1 saturated heterocycles. The van der Waals surface area contributed by atoms with Crippen molar-refractivity contribution in [3.05, 3.63) is 71.8 Å². The summed E-state index contributed by atoms with van der Waals surface area (Å²) in [5.74, 6) is -0.609. The van der Waals surface area contributed by atoms with Crippen molar-refractivity contribution in [3.63, 3.8) is 0 Å². The Morgan fingerprint density at radius 2 is 1.69 bits per heavy atom. The van der Waals surface area contributed by atoms with Crippen LogP contribution >= 0.6 is 0 Å². The fourth-order valence-electron chi connectivity index (χ4n) is 3.70. The Morgan fingerprint density at radius 3 is 2.35 bits per heavy atom. The maximum Gasteiger partial charge on any atom is 0.230 e. The number of carbonyl (C=O) groups excluding carboxylic acids is 2. The molecule has 136 valence electrons. The summed E-state index contributed by atoms with van der Waals surface area (Å²) in [5.41, 5.74) is 7.74. The highest BCUT2D eigenvalue weighted by molar-refractivity contribution is 5.85. The van der Waals surface area contributed by atoms with Gasteiger partial charge in [0.05, 0.1) is 11.8 Å². The molecule has 0 radical (unpaired) electrons. The lowest BCUT2D eigenvalue weighted by Gasteiger charge is -2.34. The van der Waals surface area contributed by atoms with Crippen molar-refractivity contribution in [1.29, 1.82) is 0 Å². The third-order valence-corrected chi connectivity index (χ3v) is 5.20. The molecule has 0 aromatic heterocycles. The van der Waals surface area contributed by atoms with E-state index in [1.165, 1.54) is 5.56 Å². The van der Waals surface area contributed by atoms with Crippen LogP contribution in [0.2, 0.25) is 0 Å². The minimum Gasteiger partial charge on any atom is -0.369 e. The minimum absolute atomic E-state index is 0.109. The van der Waals surface area contributed by atoms with Gasteiger partial charge in [-0.05, 0) is 36.8 Å². The van der Waals surface area contributed by atoms with Crippen LogP contribution in [0.4, 0.5) is 0 Å². The molecule has 1 fully saturated rings. The maximum absolute atomic E-state index is 13.3. The van der Waals surface area contributed by atoms with Crippen molar-refractivity contribution >= 4 is 11.8 Å². The number of rotatable bonds is 6. The lowest BCUT2D eigenvalue weighted by molar-refractivity contribution is -0.136. The highest BCUT2D eigenvalue weighted by Crippen LogP contribution is 2.27. The van der Waals surface area contributed by atoms with Gasteiger partial charge in [0, 0.05) is 13.1 Å². The number of primary amides is 1. The van der Waals surface area contributed by atoms with Crippen molar-refractivity contribution < 1.29 is 9.59 Å². The van der Waals surface area contributed by atoms with Gasteiger partial charge in [-0.25, -0.2) is 0 Å². The van der Waals surface area contributed by atoms with Gasteiger partial charge in [-0.15, -0.1) is 0 Å². The Hall–Kier alpha value is -2.62. The van der Waals surface area contributed by atoms with Crippen molar-refractivity contribution in [3.8, 4) is 0 Å². The van der Waals surface area contributed by atoms with E-state index in [1.807, 2.05) is 53.4 Å². The van der Waals surface area contributed by atoms with Crippen LogP contribution in [0.5, 0.6) is 0 Å². The Balaban J connectivity index is 1.76. The first-order chi connectivity index (χ1) is 12.6. The molecule has 2 aromatic carbocycles. The fourth-order valence-corrected chi connectivity index (χ4v) is 3.70. The summed E-state index contributed by atoms with van der Waals surface area (Å²) in [7, 11) is 0. The normalized spacial score (nSPS) is 18.3. The monoisotopic (exact) mass is 350 g/mol. The topological polar surface area (TPSA) is 63.4 Å². The van der Waals surface area contributed by atoms with Crippen molar-refractivity contribution in [2.24, 2.45) is 11.7 Å². The fraction of sp³-hybridized carbons (Fsp3) is 0.364. The van der Waals surface area contributed by atoms with E-state index in [9.17, 15) is 9.59 Å². The summed E-state index contributed by atoms with van der Waals surface area (Å²) in [6.45, 7) is 1.15. The van der Waals surface area contributed by atoms with E-state index in [1.54, 1.807) is 0 Å². The van der Waals surface area contributed by atoms with Crippen LogP contribution in [0.15, 0.2) is 60.7 Å². The van der Waals surface area contributed by atoms with Crippen molar-refractivity contribution in [2.75, 3.05) is 13.1 Å². The molecule has 0 saturated carbocycles. The van der Waals surface area contributed by atoms with Crippen molar-refractivity contribution in [1.82, 2.24) is 4.90 Å². The summed E-state index contributed by atoms with van der Waals surface area (Å²) in [6, 6.07) is 20.2. The molecule has 1 heterocycles. The highest BCUT2D eigenvalue weighted by atomic mass is 16.2. The molecule has 1 aliphatic heterocycles. The summed E-state index contributed by atoms with van der Waals surface area (Å²) in [4.78, 5) is 26.7. The molecule has 4 heteroatoms. The lowest BCUT2D eigenvalue weighted by Crippen LogP contribution is -2.45. The molecule has 0 spiro atoms. The first kappa shape index (κ1) is 18.2. The quantitative estimate of drug-likeness (QED) is 0.870. The average Bonchev–Trinajstić information content (AvgIpc) is 2.69. The summed E-state index contributed by atoms with van der Waals surface area (Å²) < 4.78 is 0. The largest absolute Gasteiger partial charge is 0.369 e. The molecule has 2 aromatic rings. The van der Waals surface area contributed by atoms with E-state index in [-0.39, 0.29) is 23.7 Å². The average molecular weight is 350 g/mol. The molecular weight excluding hydrogens is 324 g/mol. The molecule has 4 nitrogen and oxygen atoms in total. The smallest absolute Gasteiger partial charge is 0.230 e. The van der Waals surface area contributed by atoms with Crippen molar-refractivity contribution in [2.45, 2.75) is 31.6 Å². The number of hydrogen-bond donors (Lipinski definition) is 1. The van der Waals surface area contributed by atoms with Crippen LogP contribution < -0.4 is 5.73 Å². The number of nitrogens with zero attached hydrogens (tertiary/aromatic N) is 1. The molecule has 3 rings (SSSR count). The number of benzene rings is 2.